The lowest BCUT2D eigenvalue weighted by molar-refractivity contribution is 0.282. The molecule has 0 saturated heterocycles. The Balaban J connectivity index is 2.90. The Hall–Kier alpha value is -0.870. The van der Waals surface area contributed by atoms with Crippen molar-refractivity contribution in [1.29, 1.82) is 0 Å². The summed E-state index contributed by atoms with van der Waals surface area (Å²) in [5.74, 6) is 0.0286. The van der Waals surface area contributed by atoms with Gasteiger partial charge < -0.3 is 5.11 Å². The summed E-state index contributed by atoms with van der Waals surface area (Å²) in [5, 5.41) is 8.81. The molecular formula is C9H12O3S. The molecule has 0 amide bonds. The highest BCUT2D eigenvalue weighted by molar-refractivity contribution is 7.89. The maximum atomic E-state index is 10.9. The Morgan fingerprint density at radius 2 is 1.92 bits per heavy atom. The van der Waals surface area contributed by atoms with Gasteiger partial charge in [0.1, 0.15) is 0 Å². The van der Waals surface area contributed by atoms with E-state index < -0.39 is 9.84 Å². The normalized spacial score (nSPS) is 11.5. The molecule has 4 heteroatoms. The van der Waals surface area contributed by atoms with E-state index in [9.17, 15) is 8.42 Å². The molecular weight excluding hydrogens is 188 g/mol. The summed E-state index contributed by atoms with van der Waals surface area (Å²) in [6.45, 7) is -0.0579. The number of hydrogen-bond acceptors (Lipinski definition) is 3. The minimum atomic E-state index is -2.98. The maximum Gasteiger partial charge on any atom is 0.151 e. The van der Waals surface area contributed by atoms with E-state index in [2.05, 4.69) is 0 Å². The second-order valence-corrected chi connectivity index (χ2v) is 5.19. The largest absolute Gasteiger partial charge is 0.392 e. The van der Waals surface area contributed by atoms with Crippen LogP contribution in [-0.4, -0.2) is 19.8 Å². The van der Waals surface area contributed by atoms with Gasteiger partial charge in [0, 0.05) is 6.26 Å². The van der Waals surface area contributed by atoms with Crippen molar-refractivity contribution >= 4 is 9.84 Å². The van der Waals surface area contributed by atoms with Crippen LogP contribution in [0, 0.1) is 0 Å². The summed E-state index contributed by atoms with van der Waals surface area (Å²) in [4.78, 5) is 0. The molecule has 0 aliphatic carbocycles. The van der Waals surface area contributed by atoms with Crippen molar-refractivity contribution in [3.8, 4) is 0 Å². The first-order valence-electron chi connectivity index (χ1n) is 3.87. The number of sulfone groups is 1. The van der Waals surface area contributed by atoms with E-state index in [-0.39, 0.29) is 12.4 Å². The number of aliphatic hydroxyl groups is 1. The summed E-state index contributed by atoms with van der Waals surface area (Å²) in [6, 6.07) is 6.93. The summed E-state index contributed by atoms with van der Waals surface area (Å²) < 4.78 is 21.9. The Labute approximate surface area is 77.9 Å². The summed E-state index contributed by atoms with van der Waals surface area (Å²) >= 11 is 0. The Morgan fingerprint density at radius 3 is 2.46 bits per heavy atom. The van der Waals surface area contributed by atoms with Crippen molar-refractivity contribution in [3.05, 3.63) is 35.4 Å². The maximum absolute atomic E-state index is 10.9. The molecule has 0 aromatic heterocycles. The highest BCUT2D eigenvalue weighted by Gasteiger charge is 2.04. The number of rotatable bonds is 3. The van der Waals surface area contributed by atoms with Crippen LogP contribution in [0.2, 0.25) is 0 Å². The van der Waals surface area contributed by atoms with Crippen molar-refractivity contribution < 1.29 is 13.5 Å². The van der Waals surface area contributed by atoms with Crippen LogP contribution in [0.5, 0.6) is 0 Å². The predicted molar refractivity (Wildman–Crippen MR) is 50.9 cm³/mol. The topological polar surface area (TPSA) is 54.4 Å². The lowest BCUT2D eigenvalue weighted by Crippen LogP contribution is -2.01. The third kappa shape index (κ3) is 3.57. The highest BCUT2D eigenvalue weighted by Crippen LogP contribution is 2.08. The van der Waals surface area contributed by atoms with Crippen LogP contribution >= 0.6 is 0 Å². The molecule has 0 fully saturated rings. The van der Waals surface area contributed by atoms with Crippen LogP contribution in [0.4, 0.5) is 0 Å². The van der Waals surface area contributed by atoms with E-state index in [1.807, 2.05) is 0 Å². The van der Waals surface area contributed by atoms with Crippen LogP contribution in [0.1, 0.15) is 11.1 Å². The fraction of sp³-hybridized carbons (Fsp3) is 0.333. The molecule has 1 rings (SSSR count). The zero-order chi connectivity index (χ0) is 9.90. The Bertz CT molecular complexity index is 382. The second-order valence-electron chi connectivity index (χ2n) is 3.05. The van der Waals surface area contributed by atoms with Crippen LogP contribution in [0.15, 0.2) is 24.3 Å². The molecule has 0 aliphatic rings. The van der Waals surface area contributed by atoms with Crippen LogP contribution in [0.3, 0.4) is 0 Å². The molecule has 1 N–H and O–H groups in total. The lowest BCUT2D eigenvalue weighted by atomic mass is 10.1. The molecule has 0 bridgehead atoms. The van der Waals surface area contributed by atoms with Gasteiger partial charge in [-0.25, -0.2) is 8.42 Å². The van der Waals surface area contributed by atoms with Crippen molar-refractivity contribution in [1.82, 2.24) is 0 Å². The fourth-order valence-corrected chi connectivity index (χ4v) is 1.91. The van der Waals surface area contributed by atoms with E-state index in [1.165, 1.54) is 6.26 Å². The summed E-state index contributed by atoms with van der Waals surface area (Å²) in [7, 11) is -2.98. The molecule has 3 nitrogen and oxygen atoms in total. The smallest absolute Gasteiger partial charge is 0.151 e. The van der Waals surface area contributed by atoms with Crippen LogP contribution in [0.25, 0.3) is 0 Å². The van der Waals surface area contributed by atoms with Gasteiger partial charge in [0.25, 0.3) is 0 Å². The number of hydrogen-bond donors (Lipinski definition) is 1. The van der Waals surface area contributed by atoms with Crippen LogP contribution in [-0.2, 0) is 22.2 Å². The average Bonchev–Trinajstić information content (AvgIpc) is 2.01. The lowest BCUT2D eigenvalue weighted by Gasteiger charge is -2.01. The quantitative estimate of drug-likeness (QED) is 0.782. The van der Waals surface area contributed by atoms with E-state index in [0.717, 1.165) is 5.56 Å². The van der Waals surface area contributed by atoms with Crippen LogP contribution < -0.4 is 0 Å². The molecule has 1 aromatic carbocycles. The summed E-state index contributed by atoms with van der Waals surface area (Å²) in [5.41, 5.74) is 1.45. The van der Waals surface area contributed by atoms with Gasteiger partial charge in [-0.1, -0.05) is 24.3 Å². The monoisotopic (exact) mass is 200 g/mol. The minimum Gasteiger partial charge on any atom is -0.392 e. The third-order valence-corrected chi connectivity index (χ3v) is 2.46. The Kier molecular flexibility index (Phi) is 3.06. The molecule has 13 heavy (non-hydrogen) atoms. The van der Waals surface area contributed by atoms with Gasteiger partial charge in [0.15, 0.2) is 9.84 Å². The van der Waals surface area contributed by atoms with E-state index in [0.29, 0.717) is 5.56 Å². The zero-order valence-corrected chi connectivity index (χ0v) is 8.21. The molecule has 0 radical (unpaired) electrons. The molecule has 0 atom stereocenters. The van der Waals surface area contributed by atoms with Gasteiger partial charge in [-0.15, -0.1) is 0 Å². The molecule has 1 aromatic rings. The van der Waals surface area contributed by atoms with Crippen molar-refractivity contribution in [2.24, 2.45) is 0 Å². The SMILES string of the molecule is CS(=O)(=O)Cc1cccc(CO)c1. The van der Waals surface area contributed by atoms with Crippen molar-refractivity contribution in [2.75, 3.05) is 6.26 Å². The Morgan fingerprint density at radius 1 is 1.31 bits per heavy atom. The predicted octanol–water partition coefficient (Wildman–Crippen LogP) is 0.724. The van der Waals surface area contributed by atoms with E-state index >= 15 is 0 Å². The molecule has 0 heterocycles. The fourth-order valence-electron chi connectivity index (χ4n) is 1.12. The second kappa shape index (κ2) is 3.89. The highest BCUT2D eigenvalue weighted by atomic mass is 32.2. The molecule has 72 valence electrons. The van der Waals surface area contributed by atoms with Crippen molar-refractivity contribution in [2.45, 2.75) is 12.4 Å². The average molecular weight is 200 g/mol. The zero-order valence-electron chi connectivity index (χ0n) is 7.40. The molecule has 0 unspecified atom stereocenters. The third-order valence-electron chi connectivity index (χ3n) is 1.60. The standard InChI is InChI=1S/C9H12O3S/c1-13(11,12)7-9-4-2-3-8(5-9)6-10/h2-5,10H,6-7H2,1H3. The van der Waals surface area contributed by atoms with E-state index in [4.69, 9.17) is 5.11 Å². The molecule has 0 aliphatic heterocycles. The summed E-state index contributed by atoms with van der Waals surface area (Å²) in [6.07, 6.45) is 1.19. The van der Waals surface area contributed by atoms with Gasteiger partial charge in [-0.05, 0) is 11.1 Å². The number of aliphatic hydroxyl groups excluding tert-OH is 1. The first kappa shape index (κ1) is 10.2. The van der Waals surface area contributed by atoms with Gasteiger partial charge in [0.2, 0.25) is 0 Å². The van der Waals surface area contributed by atoms with Crippen molar-refractivity contribution in [3.63, 3.8) is 0 Å². The van der Waals surface area contributed by atoms with E-state index in [1.54, 1.807) is 24.3 Å². The van der Waals surface area contributed by atoms with Gasteiger partial charge in [0.05, 0.1) is 12.4 Å². The number of benzene rings is 1. The first-order chi connectivity index (χ1) is 6.01. The van der Waals surface area contributed by atoms with Gasteiger partial charge >= 0.3 is 0 Å². The van der Waals surface area contributed by atoms with Gasteiger partial charge in [-0.3, -0.25) is 0 Å². The molecule has 0 saturated carbocycles. The molecule has 0 spiro atoms. The first-order valence-corrected chi connectivity index (χ1v) is 5.94. The minimum absolute atomic E-state index is 0.0286. The van der Waals surface area contributed by atoms with Gasteiger partial charge in [-0.2, -0.15) is 0 Å².